The number of alkyl halides is 6. The lowest BCUT2D eigenvalue weighted by Crippen LogP contribution is -2.50. The second-order valence-corrected chi connectivity index (χ2v) is 13.3. The summed E-state index contributed by atoms with van der Waals surface area (Å²) in [5.74, 6) is -0.0467. The Hall–Kier alpha value is -1.88. The molecule has 0 aliphatic heterocycles. The molecule has 0 unspecified atom stereocenters. The number of para-hydroxylation sites is 2. The molecule has 0 fully saturated rings. The molecule has 0 heterocycles. The van der Waals surface area contributed by atoms with Crippen molar-refractivity contribution in [2.75, 3.05) is 10.6 Å². The molecule has 3 aromatic rings. The quantitative estimate of drug-likeness (QED) is 0.139. The van der Waals surface area contributed by atoms with E-state index in [0.29, 0.717) is 21.4 Å². The van der Waals surface area contributed by atoms with Crippen molar-refractivity contribution in [2.24, 2.45) is 0 Å². The number of halogens is 8. The average molecular weight is 710 g/mol. The number of anilines is 2. The Morgan fingerprint density at radius 2 is 0.900 bits per heavy atom. The highest BCUT2D eigenvalue weighted by Gasteiger charge is 2.39. The second kappa shape index (κ2) is 14.3. The number of amides is 4. The summed E-state index contributed by atoms with van der Waals surface area (Å²) in [6.07, 6.45) is -3.05. The van der Waals surface area contributed by atoms with Crippen LogP contribution in [0.2, 0.25) is 10.0 Å². The maximum absolute atomic E-state index is 12.6. The minimum atomic E-state index is -2.14. The van der Waals surface area contributed by atoms with Crippen LogP contribution in [-0.4, -0.2) is 32.1 Å². The van der Waals surface area contributed by atoms with Gasteiger partial charge in [0.1, 0.15) is 0 Å². The normalized spacial score (nSPS) is 13.0. The highest BCUT2D eigenvalue weighted by Crippen LogP contribution is 2.38. The van der Waals surface area contributed by atoms with Crippen LogP contribution in [-0.2, 0) is 0 Å². The number of nitrogens with one attached hydrogen (secondary N) is 4. The molecule has 3 aromatic carbocycles. The second-order valence-electron chi connectivity index (χ2n) is 7.74. The first-order valence-corrected chi connectivity index (χ1v) is 13.9. The van der Waals surface area contributed by atoms with E-state index in [2.05, 4.69) is 21.3 Å². The van der Waals surface area contributed by atoms with Gasteiger partial charge >= 0.3 is 12.1 Å². The molecule has 4 N–H and O–H groups in total. The summed E-state index contributed by atoms with van der Waals surface area (Å²) in [5, 5.41) is 10.9. The molecule has 0 aromatic heterocycles. The summed E-state index contributed by atoms with van der Waals surface area (Å²) in [5.41, 5.74) is 0.837. The number of benzene rings is 3. The Bertz CT molecular complexity index is 1200. The Morgan fingerprint density at radius 1 is 0.575 bits per heavy atom. The highest BCUT2D eigenvalue weighted by molar-refractivity contribution is 6.68. The molecule has 4 amide bonds. The lowest BCUT2D eigenvalue weighted by Gasteiger charge is -2.29. The third kappa shape index (κ3) is 10.5. The van der Waals surface area contributed by atoms with Crippen LogP contribution in [0.5, 0.6) is 11.5 Å². The minimum absolute atomic E-state index is 0.0234. The molecule has 0 bridgehead atoms. The minimum Gasteiger partial charge on any atom is -0.462 e. The van der Waals surface area contributed by atoms with Crippen molar-refractivity contribution in [1.29, 1.82) is 0 Å². The van der Waals surface area contributed by atoms with Gasteiger partial charge in [-0.25, -0.2) is 9.59 Å². The summed E-state index contributed by atoms with van der Waals surface area (Å²) in [6.45, 7) is 0. The van der Waals surface area contributed by atoms with Crippen molar-refractivity contribution in [1.82, 2.24) is 10.6 Å². The van der Waals surface area contributed by atoms with Crippen molar-refractivity contribution in [3.63, 3.8) is 0 Å². The van der Waals surface area contributed by atoms with Crippen molar-refractivity contribution in [2.45, 2.75) is 20.0 Å². The predicted molar refractivity (Wildman–Crippen MR) is 163 cm³/mol. The van der Waals surface area contributed by atoms with Crippen LogP contribution in [0.4, 0.5) is 21.0 Å². The molecule has 16 heteroatoms. The number of ether oxygens (including phenoxy) is 2. The smallest absolute Gasteiger partial charge is 0.322 e. The van der Waals surface area contributed by atoms with E-state index in [1.807, 2.05) is 0 Å². The average Bonchev–Trinajstić information content (AvgIpc) is 2.86. The van der Waals surface area contributed by atoms with E-state index in [1.54, 1.807) is 60.7 Å². The largest absolute Gasteiger partial charge is 0.462 e. The van der Waals surface area contributed by atoms with Crippen LogP contribution < -0.4 is 30.7 Å². The number of carbonyl (C=O) groups is 2. The zero-order chi connectivity index (χ0) is 29.5. The standard InChI is InChI=1S/C24H18Cl8N4O4/c25-13-5-9-15(10-6-13)33-21(37)35-19(23(27,28)29)39-17-3-1-2-4-18(17)40-20(24(30,31)32)36-22(38)34-16-11-7-14(26)8-12-16/h1-12,19-20H,(H2,33,35,37)(H2,34,36,38)/t19-,20+. The first-order chi connectivity index (χ1) is 18.7. The summed E-state index contributed by atoms with van der Waals surface area (Å²) in [7, 11) is 0. The molecular weight excluding hydrogens is 692 g/mol. The number of hydrogen-bond acceptors (Lipinski definition) is 4. The fourth-order valence-corrected chi connectivity index (χ4v) is 3.74. The number of carbonyl (C=O) groups excluding carboxylic acids is 2. The highest BCUT2D eigenvalue weighted by atomic mass is 35.6. The molecule has 0 saturated carbocycles. The molecular formula is C24H18Cl8N4O4. The van der Waals surface area contributed by atoms with E-state index in [4.69, 9.17) is 102 Å². The Kier molecular flexibility index (Phi) is 11.7. The summed E-state index contributed by atoms with van der Waals surface area (Å²) >= 11 is 48.2. The fraction of sp³-hybridized carbons (Fsp3) is 0.167. The number of urea groups is 2. The Balaban J connectivity index is 1.74. The van der Waals surface area contributed by atoms with Gasteiger partial charge in [-0.15, -0.1) is 0 Å². The van der Waals surface area contributed by atoms with E-state index in [9.17, 15) is 9.59 Å². The predicted octanol–water partition coefficient (Wildman–Crippen LogP) is 8.79. The van der Waals surface area contributed by atoms with Gasteiger partial charge in [0, 0.05) is 21.4 Å². The molecule has 2 atom stereocenters. The Labute approximate surface area is 269 Å². The first kappa shape index (κ1) is 32.6. The van der Waals surface area contributed by atoms with Crippen LogP contribution in [0, 0.1) is 0 Å². The van der Waals surface area contributed by atoms with Gasteiger partial charge in [0.15, 0.2) is 11.5 Å². The van der Waals surface area contributed by atoms with Gasteiger partial charge in [-0.2, -0.15) is 0 Å². The van der Waals surface area contributed by atoms with Crippen LogP contribution in [0.25, 0.3) is 0 Å². The third-order valence-electron chi connectivity index (χ3n) is 4.66. The van der Waals surface area contributed by atoms with E-state index < -0.39 is 32.1 Å². The molecule has 0 spiro atoms. The molecule has 0 radical (unpaired) electrons. The fourth-order valence-electron chi connectivity index (χ4n) is 2.89. The van der Waals surface area contributed by atoms with Gasteiger partial charge in [0.25, 0.3) is 0 Å². The molecule has 8 nitrogen and oxygen atoms in total. The van der Waals surface area contributed by atoms with Gasteiger partial charge in [-0.1, -0.05) is 105 Å². The summed E-state index contributed by atoms with van der Waals surface area (Å²) in [4.78, 5) is 25.1. The van der Waals surface area contributed by atoms with E-state index in [0.717, 1.165) is 0 Å². The first-order valence-electron chi connectivity index (χ1n) is 10.9. The van der Waals surface area contributed by atoms with Gasteiger partial charge in [0.05, 0.1) is 0 Å². The third-order valence-corrected chi connectivity index (χ3v) is 6.36. The molecule has 0 aliphatic carbocycles. The van der Waals surface area contributed by atoms with E-state index >= 15 is 0 Å². The van der Waals surface area contributed by atoms with Crippen LogP contribution in [0.1, 0.15) is 0 Å². The zero-order valence-electron chi connectivity index (χ0n) is 19.7. The Morgan fingerprint density at radius 3 is 1.20 bits per heavy atom. The van der Waals surface area contributed by atoms with E-state index in [1.165, 1.54) is 12.1 Å². The molecule has 40 heavy (non-hydrogen) atoms. The van der Waals surface area contributed by atoms with Crippen LogP contribution in [0.15, 0.2) is 72.8 Å². The van der Waals surface area contributed by atoms with Crippen molar-refractivity contribution >= 4 is 116 Å². The zero-order valence-corrected chi connectivity index (χ0v) is 25.8. The van der Waals surface area contributed by atoms with E-state index in [-0.39, 0.29) is 11.5 Å². The van der Waals surface area contributed by atoms with Gasteiger partial charge in [0.2, 0.25) is 20.0 Å². The lowest BCUT2D eigenvalue weighted by atomic mass is 10.3. The molecule has 0 saturated heterocycles. The monoisotopic (exact) mass is 706 g/mol. The maximum Gasteiger partial charge on any atom is 0.322 e. The lowest BCUT2D eigenvalue weighted by molar-refractivity contribution is 0.140. The molecule has 214 valence electrons. The van der Waals surface area contributed by atoms with Crippen molar-refractivity contribution < 1.29 is 19.1 Å². The van der Waals surface area contributed by atoms with Crippen molar-refractivity contribution in [3.05, 3.63) is 82.8 Å². The van der Waals surface area contributed by atoms with Crippen molar-refractivity contribution in [3.8, 4) is 11.5 Å². The van der Waals surface area contributed by atoms with Crippen LogP contribution >= 0.6 is 92.8 Å². The molecule has 0 aliphatic rings. The summed E-state index contributed by atoms with van der Waals surface area (Å²) in [6, 6.07) is 17.2. The topological polar surface area (TPSA) is 101 Å². The van der Waals surface area contributed by atoms with Gasteiger partial charge < -0.3 is 20.1 Å². The maximum atomic E-state index is 12.6. The molecule has 3 rings (SSSR count). The van der Waals surface area contributed by atoms with Gasteiger partial charge in [-0.3, -0.25) is 10.6 Å². The summed E-state index contributed by atoms with van der Waals surface area (Å²) < 4.78 is 7.27. The SMILES string of the molecule is O=C(Nc1ccc(Cl)cc1)N[C@H](Oc1ccccc1O[C@H](NC(=O)Nc1ccc(Cl)cc1)C(Cl)(Cl)Cl)C(Cl)(Cl)Cl. The van der Waals surface area contributed by atoms with Crippen LogP contribution in [0.3, 0.4) is 0 Å². The number of hydrogen-bond donors (Lipinski definition) is 4. The number of rotatable bonds is 8. The van der Waals surface area contributed by atoms with Gasteiger partial charge in [-0.05, 0) is 60.7 Å².